The van der Waals surface area contributed by atoms with Gasteiger partial charge in [0, 0.05) is 32.6 Å². The maximum atomic E-state index is 11.5. The predicted molar refractivity (Wildman–Crippen MR) is 86.4 cm³/mol. The summed E-state index contributed by atoms with van der Waals surface area (Å²) in [5.41, 5.74) is 2.60. The molecule has 1 aliphatic heterocycles. The average molecular weight is 306 g/mol. The molecule has 0 aliphatic carbocycles. The Morgan fingerprint density at radius 2 is 1.91 bits per heavy atom. The normalized spacial score (nSPS) is 14.3. The van der Waals surface area contributed by atoms with Gasteiger partial charge in [0.1, 0.15) is 0 Å². The molecule has 2 rings (SSSR count). The molecular formula is C17H26N2O3. The van der Waals surface area contributed by atoms with E-state index in [0.717, 1.165) is 44.0 Å². The average Bonchev–Trinajstić information content (AvgIpc) is 2.53. The van der Waals surface area contributed by atoms with Crippen LogP contribution in [0.1, 0.15) is 30.9 Å². The maximum absolute atomic E-state index is 11.5. The van der Waals surface area contributed by atoms with Crippen molar-refractivity contribution in [2.75, 3.05) is 33.9 Å². The quantitative estimate of drug-likeness (QED) is 0.837. The monoisotopic (exact) mass is 306 g/mol. The third-order valence-electron chi connectivity index (χ3n) is 4.02. The molecule has 1 aromatic rings. The lowest BCUT2D eigenvalue weighted by Gasteiger charge is -2.29. The molecule has 5 heteroatoms. The van der Waals surface area contributed by atoms with Crippen molar-refractivity contribution < 1.29 is 14.3 Å². The van der Waals surface area contributed by atoms with E-state index in [-0.39, 0.29) is 5.91 Å². The van der Waals surface area contributed by atoms with Crippen molar-refractivity contribution in [3.05, 3.63) is 23.3 Å². The number of rotatable bonds is 7. The number of carbonyl (C=O) groups excluding carboxylic acids is 1. The minimum Gasteiger partial charge on any atom is -0.493 e. The van der Waals surface area contributed by atoms with Crippen LogP contribution in [-0.2, 0) is 17.8 Å². The zero-order valence-electron chi connectivity index (χ0n) is 13.8. The Morgan fingerprint density at radius 1 is 1.23 bits per heavy atom. The van der Waals surface area contributed by atoms with E-state index in [1.165, 1.54) is 11.1 Å². The topological polar surface area (TPSA) is 50.8 Å². The molecule has 0 aromatic heterocycles. The predicted octanol–water partition coefficient (Wildman–Crippen LogP) is 1.98. The standard InChI is InChI=1S/C17H26N2O3/c1-4-5-17(20)18-7-9-19-8-6-13-10-15(21-2)16(22-3)11-14(13)12-19/h10-11H,4-9,12H2,1-3H3,(H,18,20). The Balaban J connectivity index is 1.92. The second-order valence-corrected chi connectivity index (χ2v) is 5.60. The van der Waals surface area contributed by atoms with Crippen LogP contribution in [0.3, 0.4) is 0 Å². The number of amides is 1. The van der Waals surface area contributed by atoms with Gasteiger partial charge in [-0.1, -0.05) is 6.92 Å². The van der Waals surface area contributed by atoms with Crippen LogP contribution in [-0.4, -0.2) is 44.7 Å². The molecule has 1 aliphatic rings. The molecule has 5 nitrogen and oxygen atoms in total. The Bertz CT molecular complexity index is 517. The van der Waals surface area contributed by atoms with Gasteiger partial charge in [0.2, 0.25) is 5.91 Å². The minimum absolute atomic E-state index is 0.145. The molecule has 1 amide bonds. The van der Waals surface area contributed by atoms with Crippen molar-refractivity contribution >= 4 is 5.91 Å². The van der Waals surface area contributed by atoms with E-state index in [4.69, 9.17) is 9.47 Å². The minimum atomic E-state index is 0.145. The summed E-state index contributed by atoms with van der Waals surface area (Å²) < 4.78 is 10.7. The summed E-state index contributed by atoms with van der Waals surface area (Å²) in [7, 11) is 3.33. The van der Waals surface area contributed by atoms with E-state index in [9.17, 15) is 4.79 Å². The molecule has 0 bridgehead atoms. The fourth-order valence-electron chi connectivity index (χ4n) is 2.80. The first-order valence-electron chi connectivity index (χ1n) is 7.90. The first-order chi connectivity index (χ1) is 10.7. The van der Waals surface area contributed by atoms with E-state index < -0.39 is 0 Å². The molecule has 0 radical (unpaired) electrons. The first kappa shape index (κ1) is 16.6. The van der Waals surface area contributed by atoms with Gasteiger partial charge in [0.15, 0.2) is 11.5 Å². The van der Waals surface area contributed by atoms with Crippen molar-refractivity contribution in [2.45, 2.75) is 32.7 Å². The Morgan fingerprint density at radius 3 is 2.55 bits per heavy atom. The summed E-state index contributed by atoms with van der Waals surface area (Å²) in [6, 6.07) is 4.14. The Kier molecular flexibility index (Phi) is 6.07. The van der Waals surface area contributed by atoms with Gasteiger partial charge in [-0.3, -0.25) is 9.69 Å². The van der Waals surface area contributed by atoms with Crippen LogP contribution < -0.4 is 14.8 Å². The molecule has 0 spiro atoms. The highest BCUT2D eigenvalue weighted by atomic mass is 16.5. The highest BCUT2D eigenvalue weighted by molar-refractivity contribution is 5.75. The van der Waals surface area contributed by atoms with Gasteiger partial charge in [-0.15, -0.1) is 0 Å². The number of ether oxygens (including phenoxy) is 2. The van der Waals surface area contributed by atoms with Crippen LogP contribution in [0.15, 0.2) is 12.1 Å². The number of nitrogens with zero attached hydrogens (tertiary/aromatic N) is 1. The summed E-state index contributed by atoms with van der Waals surface area (Å²) >= 11 is 0. The third-order valence-corrected chi connectivity index (χ3v) is 4.02. The van der Waals surface area contributed by atoms with Crippen molar-refractivity contribution in [3.63, 3.8) is 0 Å². The largest absolute Gasteiger partial charge is 0.493 e. The second-order valence-electron chi connectivity index (χ2n) is 5.60. The summed E-state index contributed by atoms with van der Waals surface area (Å²) in [6.07, 6.45) is 2.50. The lowest BCUT2D eigenvalue weighted by molar-refractivity contribution is -0.121. The molecule has 1 aromatic carbocycles. The lowest BCUT2D eigenvalue weighted by atomic mass is 9.99. The lowest BCUT2D eigenvalue weighted by Crippen LogP contribution is -2.37. The second kappa shape index (κ2) is 8.03. The van der Waals surface area contributed by atoms with Gasteiger partial charge in [0.05, 0.1) is 14.2 Å². The van der Waals surface area contributed by atoms with Gasteiger partial charge in [-0.25, -0.2) is 0 Å². The van der Waals surface area contributed by atoms with Crippen molar-refractivity contribution in [1.29, 1.82) is 0 Å². The zero-order chi connectivity index (χ0) is 15.9. The highest BCUT2D eigenvalue weighted by Crippen LogP contribution is 2.33. The molecule has 0 fully saturated rings. The highest BCUT2D eigenvalue weighted by Gasteiger charge is 2.19. The van der Waals surface area contributed by atoms with Gasteiger partial charge < -0.3 is 14.8 Å². The van der Waals surface area contributed by atoms with Crippen LogP contribution in [0.25, 0.3) is 0 Å². The molecule has 0 saturated carbocycles. The van der Waals surface area contributed by atoms with E-state index in [1.54, 1.807) is 14.2 Å². The molecule has 1 N–H and O–H groups in total. The smallest absolute Gasteiger partial charge is 0.220 e. The number of methoxy groups -OCH3 is 2. The number of hydrogen-bond donors (Lipinski definition) is 1. The van der Waals surface area contributed by atoms with Gasteiger partial charge >= 0.3 is 0 Å². The molecular weight excluding hydrogens is 280 g/mol. The molecule has 0 saturated heterocycles. The summed E-state index contributed by atoms with van der Waals surface area (Å²) in [5.74, 6) is 1.71. The maximum Gasteiger partial charge on any atom is 0.220 e. The molecule has 0 unspecified atom stereocenters. The number of nitrogens with one attached hydrogen (secondary N) is 1. The van der Waals surface area contributed by atoms with E-state index >= 15 is 0 Å². The first-order valence-corrected chi connectivity index (χ1v) is 7.90. The molecule has 1 heterocycles. The van der Waals surface area contributed by atoms with Gasteiger partial charge in [-0.05, 0) is 36.1 Å². The van der Waals surface area contributed by atoms with E-state index in [1.807, 2.05) is 6.92 Å². The van der Waals surface area contributed by atoms with E-state index in [2.05, 4.69) is 22.3 Å². The Labute approximate surface area is 132 Å². The molecule has 0 atom stereocenters. The van der Waals surface area contributed by atoms with Crippen molar-refractivity contribution in [2.24, 2.45) is 0 Å². The van der Waals surface area contributed by atoms with Gasteiger partial charge in [-0.2, -0.15) is 0 Å². The SMILES string of the molecule is CCCC(=O)NCCN1CCc2cc(OC)c(OC)cc2C1. The number of carbonyl (C=O) groups is 1. The molecule has 22 heavy (non-hydrogen) atoms. The van der Waals surface area contributed by atoms with Crippen LogP contribution in [0.5, 0.6) is 11.5 Å². The number of fused-ring (bicyclic) bond motifs is 1. The van der Waals surface area contributed by atoms with Crippen LogP contribution in [0.4, 0.5) is 0 Å². The fraction of sp³-hybridized carbons (Fsp3) is 0.588. The van der Waals surface area contributed by atoms with Crippen LogP contribution >= 0.6 is 0 Å². The van der Waals surface area contributed by atoms with Crippen LogP contribution in [0.2, 0.25) is 0 Å². The summed E-state index contributed by atoms with van der Waals surface area (Å²) in [5, 5.41) is 2.97. The fourth-order valence-corrected chi connectivity index (χ4v) is 2.80. The Hall–Kier alpha value is -1.75. The third kappa shape index (κ3) is 4.13. The van der Waals surface area contributed by atoms with Crippen molar-refractivity contribution in [3.8, 4) is 11.5 Å². The summed E-state index contributed by atoms with van der Waals surface area (Å²) in [6.45, 7) is 5.50. The van der Waals surface area contributed by atoms with E-state index in [0.29, 0.717) is 13.0 Å². The number of hydrogen-bond acceptors (Lipinski definition) is 4. The van der Waals surface area contributed by atoms with Crippen molar-refractivity contribution in [1.82, 2.24) is 10.2 Å². The van der Waals surface area contributed by atoms with Crippen LogP contribution in [0, 0.1) is 0 Å². The number of benzene rings is 1. The zero-order valence-corrected chi connectivity index (χ0v) is 13.8. The molecule has 122 valence electrons. The van der Waals surface area contributed by atoms with Gasteiger partial charge in [0.25, 0.3) is 0 Å². The summed E-state index contributed by atoms with van der Waals surface area (Å²) in [4.78, 5) is 13.8.